The fraction of sp³-hybridized carbons (Fsp3) is 0.148. The molecule has 4 aromatic rings. The lowest BCUT2D eigenvalue weighted by molar-refractivity contribution is 0.0955. The maximum absolute atomic E-state index is 13.0. The molecule has 3 aromatic carbocycles. The molecule has 8 heteroatoms. The van der Waals surface area contributed by atoms with E-state index < -0.39 is 5.91 Å². The van der Waals surface area contributed by atoms with Crippen LogP contribution >= 0.6 is 23.2 Å². The van der Waals surface area contributed by atoms with Crippen LogP contribution in [0.15, 0.2) is 70.2 Å². The predicted octanol–water partition coefficient (Wildman–Crippen LogP) is 6.77. The summed E-state index contributed by atoms with van der Waals surface area (Å²) in [5, 5.41) is 9.64. The normalized spacial score (nSPS) is 14.1. The molecule has 1 aliphatic carbocycles. The first-order valence-corrected chi connectivity index (χ1v) is 11.9. The summed E-state index contributed by atoms with van der Waals surface area (Å²) in [6, 6.07) is 18.3. The lowest BCUT2D eigenvalue weighted by Crippen LogP contribution is -2.22. The van der Waals surface area contributed by atoms with Gasteiger partial charge in [-0.25, -0.2) is 5.43 Å². The number of benzene rings is 3. The Kier molecular flexibility index (Phi) is 6.32. The Labute approximate surface area is 211 Å². The summed E-state index contributed by atoms with van der Waals surface area (Å²) in [4.78, 5) is 25.9. The third kappa shape index (κ3) is 4.43. The molecule has 2 N–H and O–H groups in total. The van der Waals surface area contributed by atoms with E-state index in [-0.39, 0.29) is 16.7 Å². The van der Waals surface area contributed by atoms with Crippen LogP contribution in [0.3, 0.4) is 0 Å². The Balaban J connectivity index is 1.41. The summed E-state index contributed by atoms with van der Waals surface area (Å²) in [5.41, 5.74) is 5.74. The van der Waals surface area contributed by atoms with Crippen molar-refractivity contribution in [3.8, 4) is 0 Å². The van der Waals surface area contributed by atoms with Gasteiger partial charge in [-0.15, -0.1) is 0 Å². The number of nitrogens with zero attached hydrogens (tertiary/aromatic N) is 1. The Bertz CT molecular complexity index is 1500. The molecular formula is C27H21Cl2N3O3. The minimum atomic E-state index is -0.430. The number of fused-ring (bicyclic) bond motifs is 2. The number of hydrogen-bond acceptors (Lipinski definition) is 4. The molecule has 0 fully saturated rings. The second-order valence-electron chi connectivity index (χ2n) is 8.29. The highest BCUT2D eigenvalue weighted by molar-refractivity contribution is 6.44. The van der Waals surface area contributed by atoms with Crippen LogP contribution in [0, 0.1) is 6.92 Å². The van der Waals surface area contributed by atoms with Crippen molar-refractivity contribution in [3.63, 3.8) is 0 Å². The van der Waals surface area contributed by atoms with E-state index in [4.69, 9.17) is 27.6 Å². The van der Waals surface area contributed by atoms with Gasteiger partial charge >= 0.3 is 0 Å². The van der Waals surface area contributed by atoms with Gasteiger partial charge in [0.1, 0.15) is 5.76 Å². The van der Waals surface area contributed by atoms with E-state index in [1.807, 2.05) is 43.3 Å². The van der Waals surface area contributed by atoms with Gasteiger partial charge in [-0.05, 0) is 48.7 Å². The third-order valence-corrected chi connectivity index (χ3v) is 6.88. The number of amides is 2. The van der Waals surface area contributed by atoms with Crippen LogP contribution in [0.4, 0.5) is 5.69 Å². The summed E-state index contributed by atoms with van der Waals surface area (Å²) < 4.78 is 5.94. The first-order valence-electron chi connectivity index (χ1n) is 11.2. The SMILES string of the molecule is Cc1c(C(=O)Nc2cccc(Cl)c2Cl)oc2c1/C(=N/NC(=O)c1cccc3ccccc13)CCC2. The second kappa shape index (κ2) is 9.56. The van der Waals surface area contributed by atoms with Gasteiger partial charge in [-0.3, -0.25) is 9.59 Å². The van der Waals surface area contributed by atoms with Crippen molar-refractivity contribution in [1.82, 2.24) is 5.43 Å². The van der Waals surface area contributed by atoms with Crippen molar-refractivity contribution in [1.29, 1.82) is 0 Å². The van der Waals surface area contributed by atoms with Crippen LogP contribution in [0.5, 0.6) is 0 Å². The first kappa shape index (κ1) is 23.1. The molecule has 0 atom stereocenters. The van der Waals surface area contributed by atoms with Crippen molar-refractivity contribution < 1.29 is 14.0 Å². The van der Waals surface area contributed by atoms with E-state index in [2.05, 4.69) is 15.8 Å². The van der Waals surface area contributed by atoms with Crippen LogP contribution in [-0.4, -0.2) is 17.5 Å². The Morgan fingerprint density at radius 1 is 0.943 bits per heavy atom. The van der Waals surface area contributed by atoms with Gasteiger partial charge in [-0.1, -0.05) is 65.7 Å². The zero-order valence-electron chi connectivity index (χ0n) is 18.8. The third-order valence-electron chi connectivity index (χ3n) is 6.06. The topological polar surface area (TPSA) is 83.7 Å². The van der Waals surface area contributed by atoms with E-state index in [9.17, 15) is 9.59 Å². The summed E-state index contributed by atoms with van der Waals surface area (Å²) in [6.45, 7) is 1.81. The van der Waals surface area contributed by atoms with E-state index in [1.54, 1.807) is 24.3 Å². The van der Waals surface area contributed by atoms with E-state index >= 15 is 0 Å². The average molecular weight is 506 g/mol. The molecule has 1 aromatic heterocycles. The molecule has 0 unspecified atom stereocenters. The highest BCUT2D eigenvalue weighted by Gasteiger charge is 2.28. The van der Waals surface area contributed by atoms with Gasteiger partial charge in [0.25, 0.3) is 11.8 Å². The van der Waals surface area contributed by atoms with E-state index in [0.29, 0.717) is 46.2 Å². The first-order chi connectivity index (χ1) is 16.9. The average Bonchev–Trinajstić information content (AvgIpc) is 3.22. The second-order valence-corrected chi connectivity index (χ2v) is 9.07. The predicted molar refractivity (Wildman–Crippen MR) is 139 cm³/mol. The van der Waals surface area contributed by atoms with Crippen molar-refractivity contribution in [3.05, 3.63) is 98.9 Å². The van der Waals surface area contributed by atoms with Crippen LogP contribution in [-0.2, 0) is 6.42 Å². The fourth-order valence-corrected chi connectivity index (χ4v) is 4.73. The summed E-state index contributed by atoms with van der Waals surface area (Å²) >= 11 is 12.3. The summed E-state index contributed by atoms with van der Waals surface area (Å²) in [5.74, 6) is 0.131. The molecular weight excluding hydrogens is 485 g/mol. The Morgan fingerprint density at radius 3 is 2.57 bits per heavy atom. The smallest absolute Gasteiger partial charge is 0.291 e. The number of rotatable bonds is 4. The number of hydrogen-bond donors (Lipinski definition) is 2. The standard InChI is InChI=1S/C27H21Cl2N3O3/c1-15-23-20(31-32-26(33)18-10-4-8-16-7-2-3-9-17(16)18)12-6-14-22(23)35-25(15)27(34)30-21-13-5-11-19(28)24(21)29/h2-5,7-11,13H,6,12,14H2,1H3,(H,30,34)(H,32,33)/b31-20+. The van der Waals surface area contributed by atoms with Gasteiger partial charge in [0.15, 0.2) is 5.76 Å². The van der Waals surface area contributed by atoms with Gasteiger partial charge in [0.2, 0.25) is 0 Å². The van der Waals surface area contributed by atoms with E-state index in [0.717, 1.165) is 22.8 Å². The molecule has 0 aliphatic heterocycles. The maximum atomic E-state index is 13.0. The van der Waals surface area contributed by atoms with E-state index in [1.165, 1.54) is 0 Å². The zero-order chi connectivity index (χ0) is 24.5. The lowest BCUT2D eigenvalue weighted by atomic mass is 9.93. The fourth-order valence-electron chi connectivity index (χ4n) is 4.38. The quantitative estimate of drug-likeness (QED) is 0.300. The molecule has 176 valence electrons. The van der Waals surface area contributed by atoms with Crippen molar-refractivity contribution in [2.75, 3.05) is 5.32 Å². The number of hydrazone groups is 1. The molecule has 1 aliphatic rings. The van der Waals surface area contributed by atoms with Crippen molar-refractivity contribution >= 4 is 57.2 Å². The number of anilines is 1. The number of halogens is 2. The number of aryl methyl sites for hydroxylation is 1. The molecule has 0 saturated carbocycles. The molecule has 0 saturated heterocycles. The molecule has 35 heavy (non-hydrogen) atoms. The van der Waals surface area contributed by atoms with Crippen LogP contribution < -0.4 is 10.7 Å². The molecule has 0 bridgehead atoms. The zero-order valence-corrected chi connectivity index (χ0v) is 20.3. The van der Waals surface area contributed by atoms with Gasteiger partial charge in [0, 0.05) is 23.1 Å². The van der Waals surface area contributed by atoms with Crippen LogP contribution in [0.1, 0.15) is 50.6 Å². The molecule has 6 nitrogen and oxygen atoms in total. The molecule has 2 amide bonds. The number of carbonyl (C=O) groups excluding carboxylic acids is 2. The number of carbonyl (C=O) groups is 2. The Morgan fingerprint density at radius 2 is 1.71 bits per heavy atom. The minimum Gasteiger partial charge on any atom is -0.455 e. The molecule has 0 spiro atoms. The largest absolute Gasteiger partial charge is 0.455 e. The minimum absolute atomic E-state index is 0.182. The number of furan rings is 1. The van der Waals surface area contributed by atoms with Crippen molar-refractivity contribution in [2.24, 2.45) is 5.10 Å². The highest BCUT2D eigenvalue weighted by Crippen LogP contribution is 2.33. The number of nitrogens with one attached hydrogen (secondary N) is 2. The highest BCUT2D eigenvalue weighted by atomic mass is 35.5. The molecule has 1 heterocycles. The molecule has 5 rings (SSSR count). The van der Waals surface area contributed by atoms with Crippen LogP contribution in [0.2, 0.25) is 10.0 Å². The monoisotopic (exact) mass is 505 g/mol. The lowest BCUT2D eigenvalue weighted by Gasteiger charge is -2.13. The van der Waals surface area contributed by atoms with Gasteiger partial charge in [0.05, 0.1) is 21.4 Å². The van der Waals surface area contributed by atoms with Gasteiger partial charge < -0.3 is 9.73 Å². The summed E-state index contributed by atoms with van der Waals surface area (Å²) in [6.07, 6.45) is 2.13. The van der Waals surface area contributed by atoms with Gasteiger partial charge in [-0.2, -0.15) is 5.10 Å². The summed E-state index contributed by atoms with van der Waals surface area (Å²) in [7, 11) is 0. The van der Waals surface area contributed by atoms with Crippen LogP contribution in [0.25, 0.3) is 10.8 Å². The van der Waals surface area contributed by atoms with Crippen molar-refractivity contribution in [2.45, 2.75) is 26.2 Å². The molecule has 0 radical (unpaired) electrons. The Hall–Kier alpha value is -3.61. The maximum Gasteiger partial charge on any atom is 0.291 e.